The van der Waals surface area contributed by atoms with Crippen LogP contribution >= 0.6 is 0 Å². The molecule has 1 aromatic rings. The van der Waals surface area contributed by atoms with Crippen molar-refractivity contribution in [2.24, 2.45) is 11.7 Å². The zero-order chi connectivity index (χ0) is 14.2. The molecule has 0 bridgehead atoms. The zero-order valence-electron chi connectivity index (χ0n) is 12.5. The van der Waals surface area contributed by atoms with Gasteiger partial charge in [0, 0.05) is 6.61 Å². The van der Waals surface area contributed by atoms with E-state index in [2.05, 4.69) is 30.3 Å². The first-order valence-electron chi connectivity index (χ1n) is 7.79. The first-order valence-corrected chi connectivity index (χ1v) is 7.79. The molecule has 0 spiro atoms. The van der Waals surface area contributed by atoms with Crippen molar-refractivity contribution in [3.8, 4) is 0 Å². The van der Waals surface area contributed by atoms with Gasteiger partial charge >= 0.3 is 0 Å². The largest absolute Gasteiger partial charge is 0.379 e. The first-order chi connectivity index (χ1) is 9.85. The van der Waals surface area contributed by atoms with Gasteiger partial charge in [0.2, 0.25) is 0 Å². The predicted octanol–water partition coefficient (Wildman–Crippen LogP) is 2.95. The highest BCUT2D eigenvalue weighted by molar-refractivity contribution is 5.20. The SMILES string of the molecule is CCOCCOC1CC(c2ccccc2)CCC1CN. The summed E-state index contributed by atoms with van der Waals surface area (Å²) in [5.41, 5.74) is 7.33. The summed E-state index contributed by atoms with van der Waals surface area (Å²) in [6.07, 6.45) is 3.74. The Labute approximate surface area is 122 Å². The second kappa shape index (κ2) is 8.40. The van der Waals surface area contributed by atoms with Gasteiger partial charge in [-0.2, -0.15) is 0 Å². The summed E-state index contributed by atoms with van der Waals surface area (Å²) in [6, 6.07) is 10.8. The normalized spacial score (nSPS) is 26.6. The topological polar surface area (TPSA) is 44.5 Å². The molecule has 0 radical (unpaired) electrons. The fourth-order valence-corrected chi connectivity index (χ4v) is 3.10. The monoisotopic (exact) mass is 277 g/mol. The Balaban J connectivity index is 1.89. The maximum Gasteiger partial charge on any atom is 0.0704 e. The highest BCUT2D eigenvalue weighted by Gasteiger charge is 2.30. The molecule has 0 saturated heterocycles. The molecule has 1 aliphatic carbocycles. The van der Waals surface area contributed by atoms with Crippen LogP contribution < -0.4 is 5.73 Å². The Morgan fingerprint density at radius 3 is 2.65 bits per heavy atom. The second-order valence-electron chi connectivity index (χ2n) is 5.52. The van der Waals surface area contributed by atoms with Gasteiger partial charge in [-0.05, 0) is 50.1 Å². The van der Waals surface area contributed by atoms with Gasteiger partial charge in [-0.15, -0.1) is 0 Å². The molecular weight excluding hydrogens is 250 g/mol. The Bertz CT molecular complexity index is 369. The molecule has 1 aromatic carbocycles. The standard InChI is InChI=1S/C17H27NO2/c1-2-19-10-11-20-17-12-15(8-9-16(17)13-18)14-6-4-3-5-7-14/h3-7,15-17H,2,8-13,18H2,1H3. The van der Waals surface area contributed by atoms with E-state index in [4.69, 9.17) is 15.2 Å². The average molecular weight is 277 g/mol. The van der Waals surface area contributed by atoms with Gasteiger partial charge in [-0.3, -0.25) is 0 Å². The smallest absolute Gasteiger partial charge is 0.0704 e. The van der Waals surface area contributed by atoms with Crippen LogP contribution in [-0.2, 0) is 9.47 Å². The maximum absolute atomic E-state index is 6.04. The Morgan fingerprint density at radius 2 is 1.95 bits per heavy atom. The molecular formula is C17H27NO2. The van der Waals surface area contributed by atoms with Crippen LogP contribution in [0.1, 0.15) is 37.7 Å². The first kappa shape index (κ1) is 15.5. The molecule has 0 amide bonds. The lowest BCUT2D eigenvalue weighted by Crippen LogP contribution is -2.36. The molecule has 112 valence electrons. The Hall–Kier alpha value is -0.900. The van der Waals surface area contributed by atoms with Gasteiger partial charge in [-0.25, -0.2) is 0 Å². The van der Waals surface area contributed by atoms with Crippen molar-refractivity contribution in [3.63, 3.8) is 0 Å². The maximum atomic E-state index is 6.04. The van der Waals surface area contributed by atoms with Crippen LogP contribution in [0.25, 0.3) is 0 Å². The third-order valence-corrected chi connectivity index (χ3v) is 4.27. The van der Waals surface area contributed by atoms with Crippen molar-refractivity contribution in [1.82, 2.24) is 0 Å². The van der Waals surface area contributed by atoms with Crippen LogP contribution in [-0.4, -0.2) is 32.5 Å². The highest BCUT2D eigenvalue weighted by Crippen LogP contribution is 2.36. The van der Waals surface area contributed by atoms with E-state index in [1.54, 1.807) is 0 Å². The van der Waals surface area contributed by atoms with Crippen LogP contribution in [0, 0.1) is 5.92 Å². The van der Waals surface area contributed by atoms with Crippen molar-refractivity contribution < 1.29 is 9.47 Å². The summed E-state index contributed by atoms with van der Waals surface area (Å²) >= 11 is 0. The molecule has 3 unspecified atom stereocenters. The van der Waals surface area contributed by atoms with E-state index >= 15 is 0 Å². The van der Waals surface area contributed by atoms with E-state index < -0.39 is 0 Å². The van der Waals surface area contributed by atoms with E-state index in [0.717, 1.165) is 26.0 Å². The minimum atomic E-state index is 0.277. The van der Waals surface area contributed by atoms with Crippen molar-refractivity contribution >= 4 is 0 Å². The van der Waals surface area contributed by atoms with Gasteiger partial charge in [-0.1, -0.05) is 30.3 Å². The van der Waals surface area contributed by atoms with Crippen molar-refractivity contribution in [2.75, 3.05) is 26.4 Å². The van der Waals surface area contributed by atoms with Crippen molar-refractivity contribution in [2.45, 2.75) is 38.2 Å². The fourth-order valence-electron chi connectivity index (χ4n) is 3.10. The van der Waals surface area contributed by atoms with Crippen LogP contribution in [0.2, 0.25) is 0 Å². The molecule has 2 N–H and O–H groups in total. The second-order valence-corrected chi connectivity index (χ2v) is 5.52. The Kier molecular flexibility index (Phi) is 6.51. The zero-order valence-corrected chi connectivity index (χ0v) is 12.5. The molecule has 1 aliphatic rings. The molecule has 0 aromatic heterocycles. The number of nitrogens with two attached hydrogens (primary N) is 1. The molecule has 1 fully saturated rings. The summed E-state index contributed by atoms with van der Waals surface area (Å²) in [5.74, 6) is 1.10. The predicted molar refractivity (Wildman–Crippen MR) is 81.8 cm³/mol. The summed E-state index contributed by atoms with van der Waals surface area (Å²) in [7, 11) is 0. The minimum Gasteiger partial charge on any atom is -0.379 e. The average Bonchev–Trinajstić information content (AvgIpc) is 2.52. The molecule has 3 heteroatoms. The quantitative estimate of drug-likeness (QED) is 0.779. The van der Waals surface area contributed by atoms with Crippen molar-refractivity contribution in [3.05, 3.63) is 35.9 Å². The van der Waals surface area contributed by atoms with E-state index in [-0.39, 0.29) is 6.10 Å². The van der Waals surface area contributed by atoms with Gasteiger partial charge in [0.15, 0.2) is 0 Å². The lowest BCUT2D eigenvalue weighted by molar-refractivity contribution is -0.0381. The lowest BCUT2D eigenvalue weighted by Gasteiger charge is -2.35. The number of rotatable bonds is 7. The molecule has 0 heterocycles. The van der Waals surface area contributed by atoms with Gasteiger partial charge in [0.05, 0.1) is 19.3 Å². The lowest BCUT2D eigenvalue weighted by atomic mass is 9.77. The van der Waals surface area contributed by atoms with Crippen LogP contribution in [0.4, 0.5) is 0 Å². The van der Waals surface area contributed by atoms with Crippen molar-refractivity contribution in [1.29, 1.82) is 0 Å². The van der Waals surface area contributed by atoms with Gasteiger partial charge in [0.1, 0.15) is 0 Å². The number of benzene rings is 1. The Morgan fingerprint density at radius 1 is 1.15 bits per heavy atom. The summed E-state index contributed by atoms with van der Waals surface area (Å²) in [6.45, 7) is 4.84. The number of hydrogen-bond donors (Lipinski definition) is 1. The summed E-state index contributed by atoms with van der Waals surface area (Å²) in [5, 5.41) is 0. The minimum absolute atomic E-state index is 0.277. The van der Waals surface area contributed by atoms with E-state index in [1.807, 2.05) is 6.92 Å². The molecule has 3 nitrogen and oxygen atoms in total. The fraction of sp³-hybridized carbons (Fsp3) is 0.647. The van der Waals surface area contributed by atoms with Crippen LogP contribution in [0.3, 0.4) is 0 Å². The summed E-state index contributed by atoms with van der Waals surface area (Å²) < 4.78 is 11.4. The molecule has 2 rings (SSSR count). The third kappa shape index (κ3) is 4.30. The van der Waals surface area contributed by atoms with Crippen LogP contribution in [0.5, 0.6) is 0 Å². The third-order valence-electron chi connectivity index (χ3n) is 4.27. The number of ether oxygens (including phenoxy) is 2. The van der Waals surface area contributed by atoms with E-state index in [0.29, 0.717) is 25.0 Å². The van der Waals surface area contributed by atoms with Gasteiger partial charge < -0.3 is 15.2 Å². The van der Waals surface area contributed by atoms with E-state index in [1.165, 1.54) is 12.0 Å². The molecule has 3 atom stereocenters. The van der Waals surface area contributed by atoms with Gasteiger partial charge in [0.25, 0.3) is 0 Å². The highest BCUT2D eigenvalue weighted by atomic mass is 16.5. The molecule has 20 heavy (non-hydrogen) atoms. The summed E-state index contributed by atoms with van der Waals surface area (Å²) in [4.78, 5) is 0. The molecule has 1 saturated carbocycles. The van der Waals surface area contributed by atoms with Crippen LogP contribution in [0.15, 0.2) is 30.3 Å². The number of hydrogen-bond acceptors (Lipinski definition) is 3. The molecule has 0 aliphatic heterocycles. The van der Waals surface area contributed by atoms with E-state index in [9.17, 15) is 0 Å².